The first-order chi connectivity index (χ1) is 27.5. The maximum Gasteiger partial charge on any atom is 0.309 e. The molecule has 1 saturated heterocycles. The summed E-state index contributed by atoms with van der Waals surface area (Å²) in [5.74, 6) is -0.940. The number of carbonyl (C=O) groups excluding carboxylic acids is 2. The van der Waals surface area contributed by atoms with E-state index in [1.807, 2.05) is 43.5 Å². The third-order valence-corrected chi connectivity index (χ3v) is 13.6. The minimum atomic E-state index is -0.707. The number of carboxylic acids is 1. The molecule has 2 amide bonds. The SMILES string of the molecule is C[C@@H]1CCCCN1Cc1cnc(C(=O)Nc2cccc(-c3cccc(NC(=O)c4cc5c(cn4)CN(C4CCC(C)(C(=O)O)CC4)CC5)c3Cl)c2Cl)cc1C1CC1. The van der Waals surface area contributed by atoms with Crippen molar-refractivity contribution in [1.82, 2.24) is 19.8 Å². The molecule has 2 aromatic heterocycles. The number of amides is 2. The molecule has 0 spiro atoms. The van der Waals surface area contributed by atoms with Crippen LogP contribution in [-0.4, -0.2) is 67.8 Å². The molecule has 0 bridgehead atoms. The summed E-state index contributed by atoms with van der Waals surface area (Å²) in [7, 11) is 0. The number of fused-ring (bicyclic) bond motifs is 1. The van der Waals surface area contributed by atoms with Crippen molar-refractivity contribution in [2.45, 2.75) is 109 Å². The van der Waals surface area contributed by atoms with Crippen molar-refractivity contribution >= 4 is 52.4 Å². The number of halogens is 2. The van der Waals surface area contributed by atoms with Crippen molar-refractivity contribution in [1.29, 1.82) is 0 Å². The number of pyridine rings is 2. The van der Waals surface area contributed by atoms with Gasteiger partial charge in [-0.15, -0.1) is 0 Å². The molecular weight excluding hydrogens is 759 g/mol. The van der Waals surface area contributed by atoms with E-state index >= 15 is 0 Å². The summed E-state index contributed by atoms with van der Waals surface area (Å²) in [5, 5.41) is 16.2. The Balaban J connectivity index is 0.934. The number of piperidine rings is 1. The maximum absolute atomic E-state index is 13.6. The van der Waals surface area contributed by atoms with Gasteiger partial charge in [0.2, 0.25) is 0 Å². The van der Waals surface area contributed by atoms with Crippen LogP contribution < -0.4 is 10.6 Å². The molecule has 10 nitrogen and oxygen atoms in total. The Morgan fingerprint density at radius 2 is 1.46 bits per heavy atom. The van der Waals surface area contributed by atoms with E-state index in [9.17, 15) is 19.5 Å². The summed E-state index contributed by atoms with van der Waals surface area (Å²) in [6.45, 7) is 7.68. The molecular formula is C45H50Cl2N6O4. The van der Waals surface area contributed by atoms with Crippen molar-refractivity contribution in [3.63, 3.8) is 0 Å². The molecule has 8 rings (SSSR count). The van der Waals surface area contributed by atoms with Crippen molar-refractivity contribution in [3.05, 3.63) is 105 Å². The third-order valence-electron chi connectivity index (χ3n) is 12.8. The number of carbonyl (C=O) groups is 3. The lowest BCUT2D eigenvalue weighted by Crippen LogP contribution is -2.44. The highest BCUT2D eigenvalue weighted by molar-refractivity contribution is 6.40. The molecule has 2 aromatic carbocycles. The number of aliphatic carboxylic acids is 1. The first-order valence-electron chi connectivity index (χ1n) is 20.4. The van der Waals surface area contributed by atoms with Gasteiger partial charge in [-0.3, -0.25) is 34.2 Å². The van der Waals surface area contributed by atoms with Gasteiger partial charge in [0.25, 0.3) is 11.8 Å². The van der Waals surface area contributed by atoms with Crippen molar-refractivity contribution in [2.24, 2.45) is 5.41 Å². The Kier molecular flexibility index (Phi) is 11.4. The molecule has 4 heterocycles. The van der Waals surface area contributed by atoms with Crippen LogP contribution in [-0.2, 0) is 24.3 Å². The van der Waals surface area contributed by atoms with Crippen LogP contribution in [0, 0.1) is 5.41 Å². The molecule has 12 heteroatoms. The zero-order chi connectivity index (χ0) is 39.8. The van der Waals surface area contributed by atoms with Gasteiger partial charge < -0.3 is 15.7 Å². The van der Waals surface area contributed by atoms with Gasteiger partial charge in [0.15, 0.2) is 0 Å². The number of aromatic nitrogens is 2. The summed E-state index contributed by atoms with van der Waals surface area (Å²) >= 11 is 13.9. The number of hydrogen-bond acceptors (Lipinski definition) is 7. The van der Waals surface area contributed by atoms with Crippen LogP contribution in [0.4, 0.5) is 11.4 Å². The van der Waals surface area contributed by atoms with E-state index in [1.54, 1.807) is 24.4 Å². The first kappa shape index (κ1) is 39.5. The number of anilines is 2. The van der Waals surface area contributed by atoms with E-state index in [2.05, 4.69) is 37.3 Å². The van der Waals surface area contributed by atoms with E-state index in [1.165, 1.54) is 30.4 Å². The van der Waals surface area contributed by atoms with Crippen LogP contribution in [0.1, 0.15) is 121 Å². The summed E-state index contributed by atoms with van der Waals surface area (Å²) in [6, 6.07) is 15.5. The van der Waals surface area contributed by atoms with E-state index in [0.717, 1.165) is 69.4 Å². The fraction of sp³-hybridized carbons (Fsp3) is 0.444. The number of likely N-dealkylation sites (tertiary alicyclic amines) is 1. The smallest absolute Gasteiger partial charge is 0.309 e. The highest BCUT2D eigenvalue weighted by Crippen LogP contribution is 2.44. The van der Waals surface area contributed by atoms with Crippen molar-refractivity contribution in [2.75, 3.05) is 23.7 Å². The van der Waals surface area contributed by atoms with E-state index in [-0.39, 0.29) is 11.8 Å². The van der Waals surface area contributed by atoms with E-state index in [0.29, 0.717) is 74.8 Å². The lowest BCUT2D eigenvalue weighted by atomic mass is 9.73. The zero-order valence-electron chi connectivity index (χ0n) is 32.6. The Labute approximate surface area is 344 Å². The minimum Gasteiger partial charge on any atom is -0.481 e. The van der Waals surface area contributed by atoms with Gasteiger partial charge in [-0.05, 0) is 131 Å². The highest BCUT2D eigenvalue weighted by atomic mass is 35.5. The Bertz CT molecular complexity index is 2200. The average molecular weight is 810 g/mol. The topological polar surface area (TPSA) is 128 Å². The third kappa shape index (κ3) is 8.46. The monoisotopic (exact) mass is 808 g/mol. The normalized spacial score (nSPS) is 22.7. The molecule has 57 heavy (non-hydrogen) atoms. The number of rotatable bonds is 10. The van der Waals surface area contributed by atoms with E-state index in [4.69, 9.17) is 23.2 Å². The standard InChI is InChI=1S/C45H50Cl2N6O4/c1-27-7-3-4-19-52(27)26-31-24-49-39(22-35(31)28-12-13-28)43(55)51-37-11-6-9-34(41(37)47)33-8-5-10-36(40(33)46)50-42(54)38-21-29-16-20-53(25-30(29)23-48-38)32-14-17-45(2,18-15-32)44(56)57/h5-6,8-11,21-24,27-28,32H,3-4,7,12-20,25-26H2,1-2H3,(H,50,54)(H,51,55)(H,56,57)/t27-,32?,45?/m1/s1. The average Bonchev–Trinajstić information content (AvgIpc) is 4.06. The number of nitrogens with zero attached hydrogens (tertiary/aromatic N) is 4. The van der Waals surface area contributed by atoms with Crippen LogP contribution in [0.3, 0.4) is 0 Å². The van der Waals surface area contributed by atoms with Crippen LogP contribution in [0.25, 0.3) is 11.1 Å². The van der Waals surface area contributed by atoms with Crippen LogP contribution in [0.5, 0.6) is 0 Å². The zero-order valence-corrected chi connectivity index (χ0v) is 34.1. The Morgan fingerprint density at radius 3 is 2.07 bits per heavy atom. The summed E-state index contributed by atoms with van der Waals surface area (Å²) in [5.41, 5.74) is 6.69. The van der Waals surface area contributed by atoms with Gasteiger partial charge in [-0.25, -0.2) is 0 Å². The molecule has 3 N–H and O–H groups in total. The highest BCUT2D eigenvalue weighted by Gasteiger charge is 2.39. The summed E-state index contributed by atoms with van der Waals surface area (Å²) < 4.78 is 0. The quantitative estimate of drug-likeness (QED) is 0.145. The summed E-state index contributed by atoms with van der Waals surface area (Å²) in [4.78, 5) is 53.0. The molecule has 4 aliphatic rings. The molecule has 2 saturated carbocycles. The molecule has 0 unspecified atom stereocenters. The van der Waals surface area contributed by atoms with Crippen LogP contribution in [0.15, 0.2) is 60.9 Å². The Hall–Kier alpha value is -4.35. The lowest BCUT2D eigenvalue weighted by Gasteiger charge is -2.41. The fourth-order valence-corrected chi connectivity index (χ4v) is 9.45. The van der Waals surface area contributed by atoms with E-state index < -0.39 is 11.4 Å². The maximum atomic E-state index is 13.6. The largest absolute Gasteiger partial charge is 0.481 e. The molecule has 1 atom stereocenters. The van der Waals surface area contributed by atoms with Gasteiger partial charge in [-0.2, -0.15) is 0 Å². The molecule has 3 fully saturated rings. The van der Waals surface area contributed by atoms with Gasteiger partial charge in [0, 0.05) is 55.2 Å². The number of hydrogen-bond donors (Lipinski definition) is 3. The predicted octanol–water partition coefficient (Wildman–Crippen LogP) is 9.60. The lowest BCUT2D eigenvalue weighted by molar-refractivity contribution is -0.150. The molecule has 0 radical (unpaired) electrons. The first-order valence-corrected chi connectivity index (χ1v) is 21.1. The van der Waals surface area contributed by atoms with Gasteiger partial charge >= 0.3 is 5.97 Å². The van der Waals surface area contributed by atoms with Crippen molar-refractivity contribution in [3.8, 4) is 11.1 Å². The molecule has 298 valence electrons. The molecule has 4 aromatic rings. The summed E-state index contributed by atoms with van der Waals surface area (Å²) in [6.07, 6.45) is 13.5. The van der Waals surface area contributed by atoms with Crippen LogP contribution >= 0.6 is 23.2 Å². The minimum absolute atomic E-state index is 0.300. The number of carboxylic acid groups (broad SMARTS) is 1. The second-order valence-corrected chi connectivity index (χ2v) is 17.5. The fourth-order valence-electron chi connectivity index (χ4n) is 8.90. The number of benzene rings is 2. The van der Waals surface area contributed by atoms with Gasteiger partial charge in [-0.1, -0.05) is 53.9 Å². The molecule has 2 aliphatic carbocycles. The number of nitrogens with one attached hydrogen (secondary N) is 2. The Morgan fingerprint density at radius 1 is 0.825 bits per heavy atom. The second-order valence-electron chi connectivity index (χ2n) is 16.8. The predicted molar refractivity (Wildman–Crippen MR) is 224 cm³/mol. The van der Waals surface area contributed by atoms with Crippen molar-refractivity contribution < 1.29 is 19.5 Å². The van der Waals surface area contributed by atoms with Gasteiger partial charge in [0.05, 0.1) is 26.8 Å². The second kappa shape index (κ2) is 16.5. The molecule has 2 aliphatic heterocycles. The van der Waals surface area contributed by atoms with Gasteiger partial charge in [0.1, 0.15) is 11.4 Å². The van der Waals surface area contributed by atoms with Crippen LogP contribution in [0.2, 0.25) is 10.0 Å².